The summed E-state index contributed by atoms with van der Waals surface area (Å²) < 4.78 is 10.5. The second-order valence-electron chi connectivity index (χ2n) is 5.08. The lowest BCUT2D eigenvalue weighted by Crippen LogP contribution is -2.12. The highest BCUT2D eigenvalue weighted by Crippen LogP contribution is 2.24. The van der Waals surface area contributed by atoms with E-state index in [1.54, 1.807) is 25.3 Å². The molecule has 2 rings (SSSR count). The summed E-state index contributed by atoms with van der Waals surface area (Å²) in [5, 5.41) is 2.84. The molecule has 122 valence electrons. The van der Waals surface area contributed by atoms with Crippen molar-refractivity contribution in [3.63, 3.8) is 0 Å². The lowest BCUT2D eigenvalue weighted by atomic mass is 10.1. The normalized spacial score (nSPS) is 10.2. The molecule has 5 heteroatoms. The molecule has 1 amide bonds. The zero-order valence-electron chi connectivity index (χ0n) is 13.5. The minimum Gasteiger partial charge on any atom is -0.495 e. The summed E-state index contributed by atoms with van der Waals surface area (Å²) in [6.07, 6.45) is 1.07. The maximum Gasteiger partial charge on any atom is 0.224 e. The third kappa shape index (κ3) is 4.92. The fourth-order valence-corrected chi connectivity index (χ4v) is 2.21. The second kappa shape index (κ2) is 8.08. The van der Waals surface area contributed by atoms with E-state index in [0.717, 1.165) is 11.3 Å². The van der Waals surface area contributed by atoms with Gasteiger partial charge in [0.2, 0.25) is 5.91 Å². The van der Waals surface area contributed by atoms with Crippen LogP contribution in [0.5, 0.6) is 11.5 Å². The first-order chi connectivity index (χ1) is 11.1. The molecular weight excluding hydrogens is 292 g/mol. The number of ether oxygens (including phenoxy) is 2. The Morgan fingerprint density at radius 3 is 2.52 bits per heavy atom. The Kier molecular flexibility index (Phi) is 5.86. The summed E-state index contributed by atoms with van der Waals surface area (Å²) in [5.74, 6) is 1.38. The number of aryl methyl sites for hydroxylation is 1. The Balaban J connectivity index is 1.86. The van der Waals surface area contributed by atoms with Crippen molar-refractivity contribution in [3.05, 3.63) is 48.0 Å². The Morgan fingerprint density at radius 2 is 1.91 bits per heavy atom. The van der Waals surface area contributed by atoms with Crippen LogP contribution in [0.2, 0.25) is 0 Å². The number of nitrogen functional groups attached to an aromatic ring is 1. The van der Waals surface area contributed by atoms with Crippen molar-refractivity contribution in [2.45, 2.75) is 19.8 Å². The van der Waals surface area contributed by atoms with Crippen LogP contribution in [0.3, 0.4) is 0 Å². The van der Waals surface area contributed by atoms with Gasteiger partial charge in [-0.15, -0.1) is 0 Å². The molecule has 0 heterocycles. The first-order valence-corrected chi connectivity index (χ1v) is 7.57. The molecule has 0 saturated heterocycles. The van der Waals surface area contributed by atoms with Gasteiger partial charge in [0.15, 0.2) is 0 Å². The number of carbonyl (C=O) groups excluding carboxylic acids is 1. The van der Waals surface area contributed by atoms with E-state index < -0.39 is 0 Å². The van der Waals surface area contributed by atoms with Crippen LogP contribution >= 0.6 is 0 Å². The van der Waals surface area contributed by atoms with Crippen LogP contribution in [0.1, 0.15) is 18.9 Å². The molecule has 2 aromatic carbocycles. The molecular formula is C18H22N2O3. The summed E-state index contributed by atoms with van der Waals surface area (Å²) in [5.41, 5.74) is 8.08. The van der Waals surface area contributed by atoms with Gasteiger partial charge in [-0.1, -0.05) is 12.1 Å². The highest BCUT2D eigenvalue weighted by Gasteiger charge is 2.06. The number of methoxy groups -OCH3 is 1. The summed E-state index contributed by atoms with van der Waals surface area (Å²) in [7, 11) is 1.56. The van der Waals surface area contributed by atoms with Crippen LogP contribution in [-0.4, -0.2) is 19.6 Å². The molecule has 23 heavy (non-hydrogen) atoms. The molecule has 3 N–H and O–H groups in total. The zero-order valence-corrected chi connectivity index (χ0v) is 13.5. The molecule has 0 fully saturated rings. The van der Waals surface area contributed by atoms with Crippen LogP contribution in [0.15, 0.2) is 42.5 Å². The number of hydrogen-bond acceptors (Lipinski definition) is 4. The van der Waals surface area contributed by atoms with Crippen molar-refractivity contribution in [2.24, 2.45) is 0 Å². The van der Waals surface area contributed by atoms with Gasteiger partial charge >= 0.3 is 0 Å². The predicted octanol–water partition coefficient (Wildman–Crippen LogP) is 3.25. The average Bonchev–Trinajstić information content (AvgIpc) is 2.55. The van der Waals surface area contributed by atoms with E-state index in [1.807, 2.05) is 31.2 Å². The molecule has 0 aliphatic carbocycles. The molecule has 2 aromatic rings. The van der Waals surface area contributed by atoms with Crippen molar-refractivity contribution in [1.82, 2.24) is 0 Å². The summed E-state index contributed by atoms with van der Waals surface area (Å²) in [6.45, 7) is 2.59. The Hall–Kier alpha value is -2.69. The topological polar surface area (TPSA) is 73.6 Å². The molecule has 5 nitrogen and oxygen atoms in total. The zero-order chi connectivity index (χ0) is 16.7. The van der Waals surface area contributed by atoms with E-state index in [9.17, 15) is 4.79 Å². The van der Waals surface area contributed by atoms with E-state index in [-0.39, 0.29) is 5.91 Å². The minimum atomic E-state index is -0.0524. The van der Waals surface area contributed by atoms with Crippen molar-refractivity contribution < 1.29 is 14.3 Å². The van der Waals surface area contributed by atoms with Gasteiger partial charge in [-0.2, -0.15) is 0 Å². The lowest BCUT2D eigenvalue weighted by Gasteiger charge is -2.09. The van der Waals surface area contributed by atoms with E-state index in [1.165, 1.54) is 0 Å². The first-order valence-electron chi connectivity index (χ1n) is 7.57. The molecule has 0 radical (unpaired) electrons. The van der Waals surface area contributed by atoms with Crippen LogP contribution in [0.25, 0.3) is 0 Å². The molecule has 0 saturated carbocycles. The van der Waals surface area contributed by atoms with Crippen molar-refractivity contribution >= 4 is 17.3 Å². The van der Waals surface area contributed by atoms with Gasteiger partial charge in [-0.3, -0.25) is 4.79 Å². The molecule has 0 spiro atoms. The highest BCUT2D eigenvalue weighted by atomic mass is 16.5. The molecule has 0 aliphatic heterocycles. The number of nitrogens with one attached hydrogen (secondary N) is 1. The third-order valence-electron chi connectivity index (χ3n) is 3.39. The van der Waals surface area contributed by atoms with Gasteiger partial charge in [-0.05, 0) is 49.2 Å². The minimum absolute atomic E-state index is 0.0524. The molecule has 0 aliphatic rings. The van der Waals surface area contributed by atoms with Crippen molar-refractivity contribution in [2.75, 3.05) is 24.8 Å². The SMILES string of the molecule is CCOc1ccc(CCC(=O)Nc2ccc(OC)c(N)c2)cc1. The van der Waals surface area contributed by atoms with Gasteiger partial charge in [-0.25, -0.2) is 0 Å². The maximum absolute atomic E-state index is 12.0. The summed E-state index contributed by atoms with van der Waals surface area (Å²) in [6, 6.07) is 13.0. The quantitative estimate of drug-likeness (QED) is 0.769. The fraction of sp³-hybridized carbons (Fsp3) is 0.278. The van der Waals surface area contributed by atoms with Gasteiger partial charge in [0.1, 0.15) is 11.5 Å². The number of carbonyl (C=O) groups is 1. The van der Waals surface area contributed by atoms with Gasteiger partial charge in [0.05, 0.1) is 19.4 Å². The number of rotatable bonds is 7. The molecule has 0 atom stereocenters. The van der Waals surface area contributed by atoms with E-state index in [0.29, 0.717) is 36.6 Å². The Labute approximate surface area is 136 Å². The third-order valence-corrected chi connectivity index (χ3v) is 3.39. The van der Waals surface area contributed by atoms with E-state index in [2.05, 4.69) is 5.32 Å². The molecule has 0 aromatic heterocycles. The molecule has 0 bridgehead atoms. The van der Waals surface area contributed by atoms with Gasteiger partial charge in [0, 0.05) is 12.1 Å². The monoisotopic (exact) mass is 314 g/mol. The van der Waals surface area contributed by atoms with Crippen molar-refractivity contribution in [3.8, 4) is 11.5 Å². The van der Waals surface area contributed by atoms with Crippen LogP contribution in [0.4, 0.5) is 11.4 Å². The van der Waals surface area contributed by atoms with Crippen LogP contribution in [0, 0.1) is 0 Å². The number of anilines is 2. The Morgan fingerprint density at radius 1 is 1.17 bits per heavy atom. The lowest BCUT2D eigenvalue weighted by molar-refractivity contribution is -0.116. The maximum atomic E-state index is 12.0. The van der Waals surface area contributed by atoms with Gasteiger partial charge in [0.25, 0.3) is 0 Å². The fourth-order valence-electron chi connectivity index (χ4n) is 2.21. The Bertz CT molecular complexity index is 654. The second-order valence-corrected chi connectivity index (χ2v) is 5.08. The van der Waals surface area contributed by atoms with E-state index >= 15 is 0 Å². The van der Waals surface area contributed by atoms with Crippen LogP contribution < -0.4 is 20.5 Å². The summed E-state index contributed by atoms with van der Waals surface area (Å²) >= 11 is 0. The number of hydrogen-bond donors (Lipinski definition) is 2. The van der Waals surface area contributed by atoms with Gasteiger partial charge < -0.3 is 20.5 Å². The smallest absolute Gasteiger partial charge is 0.224 e. The number of amides is 1. The molecule has 0 unspecified atom stereocenters. The number of nitrogens with two attached hydrogens (primary N) is 1. The first kappa shape index (κ1) is 16.7. The number of benzene rings is 2. The average molecular weight is 314 g/mol. The summed E-state index contributed by atoms with van der Waals surface area (Å²) in [4.78, 5) is 12.0. The van der Waals surface area contributed by atoms with E-state index in [4.69, 9.17) is 15.2 Å². The largest absolute Gasteiger partial charge is 0.495 e. The van der Waals surface area contributed by atoms with Crippen LogP contribution in [-0.2, 0) is 11.2 Å². The van der Waals surface area contributed by atoms with Crippen molar-refractivity contribution in [1.29, 1.82) is 0 Å². The standard InChI is InChI=1S/C18H22N2O3/c1-3-23-15-8-4-13(5-9-15)6-11-18(21)20-14-7-10-17(22-2)16(19)12-14/h4-5,7-10,12H,3,6,11,19H2,1-2H3,(H,20,21). The predicted molar refractivity (Wildman–Crippen MR) is 92.0 cm³/mol. The highest BCUT2D eigenvalue weighted by molar-refractivity contribution is 5.91.